The van der Waals surface area contributed by atoms with Crippen LogP contribution in [-0.2, 0) is 0 Å². The normalized spacial score (nSPS) is 11.1. The van der Waals surface area contributed by atoms with Gasteiger partial charge < -0.3 is 19.5 Å². The molecule has 0 saturated carbocycles. The van der Waals surface area contributed by atoms with Crippen molar-refractivity contribution in [3.63, 3.8) is 0 Å². The molecule has 0 aliphatic heterocycles. The summed E-state index contributed by atoms with van der Waals surface area (Å²) in [6.45, 7) is 9.63. The summed E-state index contributed by atoms with van der Waals surface area (Å²) < 4.78 is 12.1. The molecule has 0 unspecified atom stereocenters. The molecule has 2 N–H and O–H groups in total. The lowest BCUT2D eigenvalue weighted by Gasteiger charge is -2.16. The summed E-state index contributed by atoms with van der Waals surface area (Å²) in [4.78, 5) is 0. The van der Waals surface area contributed by atoms with Crippen molar-refractivity contribution in [1.82, 2.24) is 0 Å². The highest BCUT2D eigenvalue weighted by Gasteiger charge is 2.20. The summed E-state index contributed by atoms with van der Waals surface area (Å²) in [5, 5.41) is 19.1. The minimum Gasteiger partial charge on any atom is -0.494 e. The van der Waals surface area contributed by atoms with Crippen LogP contribution < -0.4 is 14.9 Å². The molecule has 0 amide bonds. The summed E-state index contributed by atoms with van der Waals surface area (Å²) in [6.07, 6.45) is 1.85. The molecule has 1 rings (SSSR count). The van der Waals surface area contributed by atoms with Gasteiger partial charge in [0.05, 0.1) is 17.7 Å². The maximum absolute atomic E-state index is 9.55. The molecular formula is C16H26BBrO4. The molecule has 1 aromatic rings. The number of ether oxygens (including phenoxy) is 2. The van der Waals surface area contributed by atoms with Gasteiger partial charge in [-0.3, -0.25) is 0 Å². The van der Waals surface area contributed by atoms with E-state index >= 15 is 0 Å². The van der Waals surface area contributed by atoms with E-state index in [0.717, 1.165) is 17.3 Å². The Morgan fingerprint density at radius 3 is 1.91 bits per heavy atom. The van der Waals surface area contributed by atoms with Crippen LogP contribution in [0.3, 0.4) is 0 Å². The van der Waals surface area contributed by atoms with Gasteiger partial charge in [0.15, 0.2) is 0 Å². The van der Waals surface area contributed by atoms with Crippen LogP contribution in [0.2, 0.25) is 0 Å². The smallest absolute Gasteiger partial charge is 0.492 e. The van der Waals surface area contributed by atoms with E-state index in [9.17, 15) is 10.0 Å². The fourth-order valence-corrected chi connectivity index (χ4v) is 2.23. The average Bonchev–Trinajstić information content (AvgIpc) is 2.39. The monoisotopic (exact) mass is 372 g/mol. The number of halogens is 1. The van der Waals surface area contributed by atoms with Gasteiger partial charge in [-0.15, -0.1) is 0 Å². The molecule has 1 aromatic carbocycles. The van der Waals surface area contributed by atoms with Crippen LogP contribution in [-0.4, -0.2) is 30.4 Å². The third kappa shape index (κ3) is 6.59. The molecule has 0 atom stereocenters. The highest BCUT2D eigenvalue weighted by atomic mass is 79.9. The van der Waals surface area contributed by atoms with Gasteiger partial charge in [-0.1, -0.05) is 27.7 Å². The van der Waals surface area contributed by atoms with Crippen molar-refractivity contribution >= 4 is 28.5 Å². The third-order valence-corrected chi connectivity index (χ3v) is 3.87. The van der Waals surface area contributed by atoms with Crippen LogP contribution in [0, 0.1) is 11.8 Å². The summed E-state index contributed by atoms with van der Waals surface area (Å²) in [5.74, 6) is 2.16. The second-order valence-corrected chi connectivity index (χ2v) is 7.11. The first kappa shape index (κ1) is 19.3. The van der Waals surface area contributed by atoms with Crippen LogP contribution >= 0.6 is 15.9 Å². The highest BCUT2D eigenvalue weighted by molar-refractivity contribution is 9.10. The molecule has 0 radical (unpaired) electrons. The van der Waals surface area contributed by atoms with Gasteiger partial charge in [0.2, 0.25) is 0 Å². The molecule has 0 saturated heterocycles. The second kappa shape index (κ2) is 9.43. The van der Waals surface area contributed by atoms with Crippen molar-refractivity contribution in [3.05, 3.63) is 16.6 Å². The summed E-state index contributed by atoms with van der Waals surface area (Å²) in [6, 6.07) is 3.36. The minimum atomic E-state index is -1.59. The maximum Gasteiger partial charge on any atom is 0.492 e. The van der Waals surface area contributed by atoms with Gasteiger partial charge in [-0.05, 0) is 52.7 Å². The lowest BCUT2D eigenvalue weighted by atomic mass is 9.79. The van der Waals surface area contributed by atoms with E-state index in [4.69, 9.17) is 9.47 Å². The topological polar surface area (TPSA) is 58.9 Å². The molecule has 0 aliphatic rings. The predicted molar refractivity (Wildman–Crippen MR) is 93.9 cm³/mol. The summed E-state index contributed by atoms with van der Waals surface area (Å²) in [5.41, 5.74) is 0.325. The van der Waals surface area contributed by atoms with E-state index in [-0.39, 0.29) is 0 Å². The van der Waals surface area contributed by atoms with Crippen LogP contribution in [0.1, 0.15) is 40.5 Å². The highest BCUT2D eigenvalue weighted by Crippen LogP contribution is 2.29. The minimum absolute atomic E-state index is 0.325. The summed E-state index contributed by atoms with van der Waals surface area (Å²) >= 11 is 3.45. The van der Waals surface area contributed by atoms with Gasteiger partial charge in [-0.25, -0.2) is 0 Å². The lowest BCUT2D eigenvalue weighted by molar-refractivity contribution is 0.281. The van der Waals surface area contributed by atoms with Crippen LogP contribution in [0.5, 0.6) is 11.5 Å². The Bertz CT molecular complexity index is 464. The van der Waals surface area contributed by atoms with Crippen LogP contribution in [0.4, 0.5) is 0 Å². The zero-order valence-corrected chi connectivity index (χ0v) is 15.4. The third-order valence-electron chi connectivity index (χ3n) is 3.25. The quantitative estimate of drug-likeness (QED) is 0.654. The van der Waals surface area contributed by atoms with Gasteiger partial charge >= 0.3 is 7.12 Å². The van der Waals surface area contributed by atoms with Gasteiger partial charge in [0.1, 0.15) is 11.5 Å². The van der Waals surface area contributed by atoms with Crippen molar-refractivity contribution < 1.29 is 19.5 Å². The molecule has 4 nitrogen and oxygen atoms in total. The Labute approximate surface area is 142 Å². The van der Waals surface area contributed by atoms with E-state index in [1.54, 1.807) is 12.1 Å². The molecule has 22 heavy (non-hydrogen) atoms. The van der Waals surface area contributed by atoms with Crippen LogP contribution in [0.15, 0.2) is 16.6 Å². The van der Waals surface area contributed by atoms with Crippen LogP contribution in [0.25, 0.3) is 0 Å². The first-order valence-corrected chi connectivity index (χ1v) is 8.55. The number of hydrogen-bond acceptors (Lipinski definition) is 4. The molecule has 0 spiro atoms. The summed E-state index contributed by atoms with van der Waals surface area (Å²) in [7, 11) is -1.59. The number of hydrogen-bond donors (Lipinski definition) is 2. The van der Waals surface area contributed by atoms with Crippen molar-refractivity contribution in [2.75, 3.05) is 13.2 Å². The fourth-order valence-electron chi connectivity index (χ4n) is 1.80. The van der Waals surface area contributed by atoms with Gasteiger partial charge in [0.25, 0.3) is 0 Å². The molecular weight excluding hydrogens is 347 g/mol. The molecule has 6 heteroatoms. The van der Waals surface area contributed by atoms with E-state index in [1.165, 1.54) is 0 Å². The second-order valence-electron chi connectivity index (χ2n) is 6.26. The van der Waals surface area contributed by atoms with E-state index in [0.29, 0.717) is 42.0 Å². The molecule has 0 fully saturated rings. The maximum atomic E-state index is 9.55. The zero-order chi connectivity index (χ0) is 16.7. The zero-order valence-electron chi connectivity index (χ0n) is 13.8. The van der Waals surface area contributed by atoms with Gasteiger partial charge in [0, 0.05) is 5.46 Å². The van der Waals surface area contributed by atoms with E-state index in [1.807, 2.05) is 0 Å². The molecule has 0 heterocycles. The van der Waals surface area contributed by atoms with E-state index in [2.05, 4.69) is 43.6 Å². The first-order chi connectivity index (χ1) is 10.3. The Morgan fingerprint density at radius 2 is 1.45 bits per heavy atom. The molecule has 124 valence electrons. The average molecular weight is 373 g/mol. The predicted octanol–water partition coefficient (Wildman–Crippen LogP) is 2.98. The Hall–Kier alpha value is -0.715. The lowest BCUT2D eigenvalue weighted by Crippen LogP contribution is -2.32. The van der Waals surface area contributed by atoms with E-state index < -0.39 is 7.12 Å². The largest absolute Gasteiger partial charge is 0.494 e. The standard InChI is InChI=1S/C16H26BBrO4/c1-11(2)5-7-21-15-10-14(18)16(9-13(15)17(19)20)22-8-6-12(3)4/h9-12,19-20H,5-8H2,1-4H3. The van der Waals surface area contributed by atoms with Crippen molar-refractivity contribution in [3.8, 4) is 11.5 Å². The van der Waals surface area contributed by atoms with Crippen molar-refractivity contribution in [2.24, 2.45) is 11.8 Å². The number of rotatable bonds is 9. The van der Waals surface area contributed by atoms with Crippen molar-refractivity contribution in [2.45, 2.75) is 40.5 Å². The SMILES string of the molecule is CC(C)CCOc1cc(B(O)O)c(OCCC(C)C)cc1Br. The van der Waals surface area contributed by atoms with Gasteiger partial charge in [-0.2, -0.15) is 0 Å². The number of benzene rings is 1. The Kier molecular flexibility index (Phi) is 8.29. The molecule has 0 aliphatic carbocycles. The Morgan fingerprint density at radius 1 is 0.955 bits per heavy atom. The molecule has 0 aromatic heterocycles. The first-order valence-electron chi connectivity index (χ1n) is 7.76. The fraction of sp³-hybridized carbons (Fsp3) is 0.625. The molecule has 0 bridgehead atoms. The van der Waals surface area contributed by atoms with Crippen molar-refractivity contribution in [1.29, 1.82) is 0 Å². The Balaban J connectivity index is 2.83.